The van der Waals surface area contributed by atoms with Crippen LogP contribution in [0, 0.1) is 0 Å². The minimum absolute atomic E-state index is 0.0234. The Labute approximate surface area is 101 Å². The smallest absolute Gasteiger partial charge is 0.230 e. The largest absolute Gasteiger partial charge is 0.339 e. The molecule has 1 fully saturated rings. The third-order valence-electron chi connectivity index (χ3n) is 3.21. The zero-order valence-electron chi connectivity index (χ0n) is 10.1. The lowest BCUT2D eigenvalue weighted by Crippen LogP contribution is -2.46. The summed E-state index contributed by atoms with van der Waals surface area (Å²) in [7, 11) is 0. The Balaban J connectivity index is 1.94. The van der Waals surface area contributed by atoms with Crippen LogP contribution in [-0.4, -0.2) is 29.2 Å². The molecule has 0 aliphatic carbocycles. The number of piperidine rings is 1. The van der Waals surface area contributed by atoms with Gasteiger partial charge in [-0.3, -0.25) is 9.59 Å². The second-order valence-electron chi connectivity index (χ2n) is 4.59. The highest BCUT2D eigenvalue weighted by molar-refractivity contribution is 6.00. The highest BCUT2D eigenvalue weighted by Gasteiger charge is 2.29. The van der Waals surface area contributed by atoms with Crippen molar-refractivity contribution in [1.29, 1.82) is 0 Å². The third kappa shape index (κ3) is 2.93. The van der Waals surface area contributed by atoms with Gasteiger partial charge in [0.2, 0.25) is 5.91 Å². The summed E-state index contributed by atoms with van der Waals surface area (Å²) in [5, 5.41) is 0. The van der Waals surface area contributed by atoms with Gasteiger partial charge in [0.05, 0.1) is 6.42 Å². The van der Waals surface area contributed by atoms with E-state index in [-0.39, 0.29) is 24.2 Å². The van der Waals surface area contributed by atoms with Crippen molar-refractivity contribution in [2.75, 3.05) is 6.54 Å². The van der Waals surface area contributed by atoms with Crippen LogP contribution in [0.4, 0.5) is 0 Å². The van der Waals surface area contributed by atoms with Crippen LogP contribution in [-0.2, 0) is 16.0 Å². The van der Waals surface area contributed by atoms with Crippen molar-refractivity contribution in [2.45, 2.75) is 32.2 Å². The minimum Gasteiger partial charge on any atom is -0.339 e. The van der Waals surface area contributed by atoms with Gasteiger partial charge in [-0.05, 0) is 18.9 Å². The third-order valence-corrected chi connectivity index (χ3v) is 3.21. The van der Waals surface area contributed by atoms with Crippen molar-refractivity contribution in [3.05, 3.63) is 35.9 Å². The van der Waals surface area contributed by atoms with Crippen molar-refractivity contribution < 1.29 is 9.59 Å². The predicted molar refractivity (Wildman–Crippen MR) is 65.6 cm³/mol. The van der Waals surface area contributed by atoms with Crippen LogP contribution in [0.3, 0.4) is 0 Å². The molecule has 0 bridgehead atoms. The van der Waals surface area contributed by atoms with Crippen LogP contribution in [0.1, 0.15) is 25.3 Å². The average molecular weight is 231 g/mol. The molecule has 0 N–H and O–H groups in total. The fourth-order valence-corrected chi connectivity index (χ4v) is 2.27. The number of likely N-dealkylation sites (tertiary alicyclic amines) is 1. The molecule has 1 aromatic rings. The van der Waals surface area contributed by atoms with Crippen LogP contribution < -0.4 is 0 Å². The molecule has 17 heavy (non-hydrogen) atoms. The Morgan fingerprint density at radius 1 is 1.24 bits per heavy atom. The molecule has 0 saturated carbocycles. The molecule has 0 aromatic heterocycles. The molecule has 1 aliphatic heterocycles. The number of carbonyl (C=O) groups is 2. The normalized spacial score (nSPS) is 20.8. The standard InChI is InChI=1S/C14H17NO2/c1-11-9-13(16)10-14(17)15(11)8-7-12-5-3-2-4-6-12/h2-6,11H,7-10H2,1H3. The van der Waals surface area contributed by atoms with Gasteiger partial charge >= 0.3 is 0 Å². The number of nitrogens with zero attached hydrogens (tertiary/aromatic N) is 1. The molecule has 1 heterocycles. The second kappa shape index (κ2) is 5.13. The fraction of sp³-hybridized carbons (Fsp3) is 0.429. The molecular weight excluding hydrogens is 214 g/mol. The van der Waals surface area contributed by atoms with Gasteiger partial charge in [-0.15, -0.1) is 0 Å². The number of hydrogen-bond acceptors (Lipinski definition) is 2. The lowest BCUT2D eigenvalue weighted by Gasteiger charge is -2.32. The molecule has 3 nitrogen and oxygen atoms in total. The molecular formula is C14H17NO2. The van der Waals surface area contributed by atoms with E-state index in [0.29, 0.717) is 13.0 Å². The maximum atomic E-state index is 11.7. The van der Waals surface area contributed by atoms with Crippen molar-refractivity contribution in [3.63, 3.8) is 0 Å². The quantitative estimate of drug-likeness (QED) is 0.744. The topological polar surface area (TPSA) is 37.4 Å². The van der Waals surface area contributed by atoms with Crippen LogP contribution in [0.25, 0.3) is 0 Å². The number of amides is 1. The molecule has 2 rings (SSSR count). The first-order chi connectivity index (χ1) is 8.16. The maximum absolute atomic E-state index is 11.7. The molecule has 1 amide bonds. The average Bonchev–Trinajstić information content (AvgIpc) is 2.29. The van der Waals surface area contributed by atoms with E-state index in [1.165, 1.54) is 5.56 Å². The van der Waals surface area contributed by atoms with Crippen LogP contribution in [0.15, 0.2) is 30.3 Å². The first kappa shape index (κ1) is 11.8. The minimum atomic E-state index is -0.0234. The molecule has 1 unspecified atom stereocenters. The molecule has 1 saturated heterocycles. The SMILES string of the molecule is CC1CC(=O)CC(=O)N1CCc1ccccc1. The van der Waals surface area contributed by atoms with Gasteiger partial charge in [0.1, 0.15) is 5.78 Å². The number of ketones is 1. The molecule has 0 spiro atoms. The van der Waals surface area contributed by atoms with E-state index in [9.17, 15) is 9.59 Å². The number of benzene rings is 1. The summed E-state index contributed by atoms with van der Waals surface area (Å²) in [6.07, 6.45) is 1.44. The van der Waals surface area contributed by atoms with E-state index < -0.39 is 0 Å². The van der Waals surface area contributed by atoms with Gasteiger partial charge in [-0.1, -0.05) is 30.3 Å². The van der Waals surface area contributed by atoms with Crippen LogP contribution in [0.2, 0.25) is 0 Å². The summed E-state index contributed by atoms with van der Waals surface area (Å²) < 4.78 is 0. The predicted octanol–water partition coefficient (Wildman–Crippen LogP) is 1.81. The zero-order valence-corrected chi connectivity index (χ0v) is 10.1. The summed E-state index contributed by atoms with van der Waals surface area (Å²) in [5.74, 6) is 0.0446. The van der Waals surface area contributed by atoms with E-state index in [0.717, 1.165) is 6.42 Å². The monoisotopic (exact) mass is 231 g/mol. The Hall–Kier alpha value is -1.64. The Morgan fingerprint density at radius 3 is 2.59 bits per heavy atom. The van der Waals surface area contributed by atoms with E-state index in [1.54, 1.807) is 0 Å². The molecule has 1 aromatic carbocycles. The summed E-state index contributed by atoms with van der Waals surface area (Å²) in [6.45, 7) is 2.65. The first-order valence-corrected chi connectivity index (χ1v) is 6.02. The Morgan fingerprint density at radius 2 is 1.94 bits per heavy atom. The van der Waals surface area contributed by atoms with Gasteiger partial charge in [0, 0.05) is 19.0 Å². The van der Waals surface area contributed by atoms with Gasteiger partial charge < -0.3 is 4.90 Å². The summed E-state index contributed by atoms with van der Waals surface area (Å²) in [4.78, 5) is 24.8. The van der Waals surface area contributed by atoms with Crippen LogP contribution in [0.5, 0.6) is 0 Å². The maximum Gasteiger partial charge on any atom is 0.230 e. The molecule has 0 radical (unpaired) electrons. The highest BCUT2D eigenvalue weighted by atomic mass is 16.2. The fourth-order valence-electron chi connectivity index (χ4n) is 2.27. The highest BCUT2D eigenvalue weighted by Crippen LogP contribution is 2.15. The van der Waals surface area contributed by atoms with E-state index >= 15 is 0 Å². The van der Waals surface area contributed by atoms with E-state index in [1.807, 2.05) is 30.0 Å². The van der Waals surface area contributed by atoms with Gasteiger partial charge in [-0.2, -0.15) is 0 Å². The summed E-state index contributed by atoms with van der Waals surface area (Å²) in [6, 6.07) is 10.2. The molecule has 3 heteroatoms. The zero-order chi connectivity index (χ0) is 12.3. The Bertz CT molecular complexity index is 413. The number of Topliss-reactive ketones (excluding diaryl/α,β-unsaturated/α-hetero) is 1. The molecule has 90 valence electrons. The number of rotatable bonds is 3. The van der Waals surface area contributed by atoms with E-state index in [2.05, 4.69) is 12.1 Å². The Kier molecular flexibility index (Phi) is 3.57. The lowest BCUT2D eigenvalue weighted by atomic mass is 10.0. The molecule has 1 aliphatic rings. The first-order valence-electron chi connectivity index (χ1n) is 6.02. The van der Waals surface area contributed by atoms with Gasteiger partial charge in [0.15, 0.2) is 0 Å². The number of hydrogen-bond donors (Lipinski definition) is 0. The van der Waals surface area contributed by atoms with Crippen molar-refractivity contribution in [1.82, 2.24) is 4.90 Å². The van der Waals surface area contributed by atoms with Crippen molar-refractivity contribution in [2.24, 2.45) is 0 Å². The summed E-state index contributed by atoms with van der Waals surface area (Å²) in [5.41, 5.74) is 1.23. The second-order valence-corrected chi connectivity index (χ2v) is 4.59. The van der Waals surface area contributed by atoms with Gasteiger partial charge in [0.25, 0.3) is 0 Å². The molecule has 1 atom stereocenters. The van der Waals surface area contributed by atoms with Gasteiger partial charge in [-0.25, -0.2) is 0 Å². The summed E-state index contributed by atoms with van der Waals surface area (Å²) >= 11 is 0. The van der Waals surface area contributed by atoms with Crippen molar-refractivity contribution >= 4 is 11.7 Å². The number of carbonyl (C=O) groups excluding carboxylic acids is 2. The van der Waals surface area contributed by atoms with E-state index in [4.69, 9.17) is 0 Å². The van der Waals surface area contributed by atoms with Crippen molar-refractivity contribution in [3.8, 4) is 0 Å². The van der Waals surface area contributed by atoms with Crippen LogP contribution >= 0.6 is 0 Å². The lowest BCUT2D eigenvalue weighted by molar-refractivity contribution is -0.142.